The summed E-state index contributed by atoms with van der Waals surface area (Å²) < 4.78 is 7.78. The van der Waals surface area contributed by atoms with Crippen LogP contribution in [0.2, 0.25) is 0 Å². The van der Waals surface area contributed by atoms with Crippen molar-refractivity contribution in [3.8, 4) is 0 Å². The molecule has 6 heteroatoms. The highest BCUT2D eigenvalue weighted by Gasteiger charge is 2.34. The van der Waals surface area contributed by atoms with Crippen molar-refractivity contribution in [3.63, 3.8) is 0 Å². The lowest BCUT2D eigenvalue weighted by Crippen LogP contribution is -2.32. The van der Waals surface area contributed by atoms with E-state index in [1.54, 1.807) is 24.2 Å². The summed E-state index contributed by atoms with van der Waals surface area (Å²) in [5.41, 5.74) is 0.582. The summed E-state index contributed by atoms with van der Waals surface area (Å²) >= 11 is 3.38. The highest BCUT2D eigenvalue weighted by Crippen LogP contribution is 2.34. The van der Waals surface area contributed by atoms with Gasteiger partial charge in [-0.05, 0) is 40.9 Å². The topological polar surface area (TPSA) is 51.3 Å². The molecule has 0 saturated carbocycles. The van der Waals surface area contributed by atoms with Gasteiger partial charge in [0, 0.05) is 13.6 Å². The van der Waals surface area contributed by atoms with E-state index in [-0.39, 0.29) is 11.9 Å². The molecule has 1 aliphatic rings. The van der Waals surface area contributed by atoms with Crippen molar-refractivity contribution < 1.29 is 9.21 Å². The molecule has 1 atom stereocenters. The van der Waals surface area contributed by atoms with Gasteiger partial charge in [-0.3, -0.25) is 9.48 Å². The molecular formula is C13H14BrN3O2. The van der Waals surface area contributed by atoms with Gasteiger partial charge in [-0.1, -0.05) is 0 Å². The molecule has 2 aromatic rings. The third kappa shape index (κ3) is 2.10. The molecule has 3 heterocycles. The zero-order valence-electron chi connectivity index (χ0n) is 10.5. The first kappa shape index (κ1) is 12.5. The van der Waals surface area contributed by atoms with Crippen LogP contribution in [0.15, 0.2) is 33.5 Å². The molecular weight excluding hydrogens is 310 g/mol. The summed E-state index contributed by atoms with van der Waals surface area (Å²) in [6.45, 7) is 0.752. The normalized spacial score (nSPS) is 19.1. The van der Waals surface area contributed by atoms with Gasteiger partial charge in [-0.2, -0.15) is 5.10 Å². The van der Waals surface area contributed by atoms with E-state index in [0.29, 0.717) is 5.69 Å². The first-order chi connectivity index (χ1) is 9.18. The molecule has 0 aliphatic carbocycles. The second-order valence-corrected chi connectivity index (χ2v) is 5.49. The number of rotatable bonds is 2. The second-order valence-electron chi connectivity index (χ2n) is 4.64. The van der Waals surface area contributed by atoms with E-state index < -0.39 is 0 Å². The zero-order chi connectivity index (χ0) is 13.4. The van der Waals surface area contributed by atoms with Crippen LogP contribution < -0.4 is 0 Å². The minimum absolute atomic E-state index is 0.00854. The Morgan fingerprint density at radius 2 is 2.42 bits per heavy atom. The third-order valence-corrected chi connectivity index (χ3v) is 4.06. The maximum Gasteiger partial charge on any atom is 0.273 e. The van der Waals surface area contributed by atoms with Crippen LogP contribution in [-0.2, 0) is 7.05 Å². The van der Waals surface area contributed by atoms with E-state index in [0.717, 1.165) is 29.6 Å². The second kappa shape index (κ2) is 4.85. The van der Waals surface area contributed by atoms with E-state index in [9.17, 15) is 4.79 Å². The number of furan rings is 1. The van der Waals surface area contributed by atoms with E-state index >= 15 is 0 Å². The van der Waals surface area contributed by atoms with Crippen molar-refractivity contribution in [1.82, 2.24) is 14.7 Å². The smallest absolute Gasteiger partial charge is 0.273 e. The maximum atomic E-state index is 12.6. The first-order valence-corrected chi connectivity index (χ1v) is 6.99. The Morgan fingerprint density at radius 1 is 1.58 bits per heavy atom. The van der Waals surface area contributed by atoms with Gasteiger partial charge >= 0.3 is 0 Å². The molecule has 19 heavy (non-hydrogen) atoms. The summed E-state index contributed by atoms with van der Waals surface area (Å²) in [5.74, 6) is 0.843. The summed E-state index contributed by atoms with van der Waals surface area (Å²) in [6, 6.07) is 3.81. The predicted octanol–water partition coefficient (Wildman–Crippen LogP) is 2.75. The number of aromatic nitrogens is 2. The van der Waals surface area contributed by atoms with E-state index in [4.69, 9.17) is 4.42 Å². The average Bonchev–Trinajstić information content (AvgIpc) is 3.08. The molecule has 1 fully saturated rings. The molecule has 0 unspecified atom stereocenters. The fourth-order valence-electron chi connectivity index (χ4n) is 2.57. The van der Waals surface area contributed by atoms with Gasteiger partial charge < -0.3 is 9.32 Å². The Morgan fingerprint density at radius 3 is 3.05 bits per heavy atom. The van der Waals surface area contributed by atoms with E-state index in [1.165, 1.54) is 0 Å². The standard InChI is InChI=1S/C13H14BrN3O2/c1-16-12(9(14)8-15-16)13(18)17-6-2-4-10(17)11-5-3-7-19-11/h3,5,7-8,10H,2,4,6H2,1H3/t10-/m0/s1. The summed E-state index contributed by atoms with van der Waals surface area (Å²) in [7, 11) is 1.77. The number of likely N-dealkylation sites (tertiary alicyclic amines) is 1. The fraction of sp³-hybridized carbons (Fsp3) is 0.385. The number of aryl methyl sites for hydroxylation is 1. The Bertz CT molecular complexity index is 572. The average molecular weight is 324 g/mol. The van der Waals surface area contributed by atoms with Crippen molar-refractivity contribution in [2.45, 2.75) is 18.9 Å². The number of nitrogens with zero attached hydrogens (tertiary/aromatic N) is 3. The van der Waals surface area contributed by atoms with Crippen molar-refractivity contribution in [1.29, 1.82) is 0 Å². The Kier molecular flexibility index (Phi) is 3.18. The highest BCUT2D eigenvalue weighted by molar-refractivity contribution is 9.10. The number of carbonyl (C=O) groups is 1. The van der Waals surface area contributed by atoms with Crippen LogP contribution in [0.5, 0.6) is 0 Å². The van der Waals surface area contributed by atoms with Crippen molar-refractivity contribution >= 4 is 21.8 Å². The van der Waals surface area contributed by atoms with E-state index in [1.807, 2.05) is 17.0 Å². The third-order valence-electron chi connectivity index (χ3n) is 3.48. The molecule has 0 spiro atoms. The van der Waals surface area contributed by atoms with Gasteiger partial charge in [-0.15, -0.1) is 0 Å². The SMILES string of the molecule is Cn1ncc(Br)c1C(=O)N1CCC[C@H]1c1ccco1. The summed E-state index contributed by atoms with van der Waals surface area (Å²) in [4.78, 5) is 14.5. The molecule has 1 aliphatic heterocycles. The molecule has 0 bridgehead atoms. The quantitative estimate of drug-likeness (QED) is 0.853. The Labute approximate surface area is 119 Å². The number of hydrogen-bond acceptors (Lipinski definition) is 3. The number of amides is 1. The molecule has 0 radical (unpaired) electrons. The molecule has 1 amide bonds. The lowest BCUT2D eigenvalue weighted by Gasteiger charge is -2.23. The van der Waals surface area contributed by atoms with Gasteiger partial charge in [0.1, 0.15) is 11.5 Å². The zero-order valence-corrected chi connectivity index (χ0v) is 12.1. The van der Waals surface area contributed by atoms with Crippen LogP contribution >= 0.6 is 15.9 Å². The lowest BCUT2D eigenvalue weighted by atomic mass is 10.1. The van der Waals surface area contributed by atoms with Crippen LogP contribution in [0.1, 0.15) is 35.1 Å². The first-order valence-electron chi connectivity index (χ1n) is 6.20. The highest BCUT2D eigenvalue weighted by atomic mass is 79.9. The van der Waals surface area contributed by atoms with Gasteiger partial charge in [0.15, 0.2) is 0 Å². The molecule has 3 rings (SSSR count). The van der Waals surface area contributed by atoms with Gasteiger partial charge in [0.05, 0.1) is 23.0 Å². The van der Waals surface area contributed by atoms with E-state index in [2.05, 4.69) is 21.0 Å². The van der Waals surface area contributed by atoms with Crippen LogP contribution in [0.4, 0.5) is 0 Å². The summed E-state index contributed by atoms with van der Waals surface area (Å²) in [5, 5.41) is 4.10. The number of halogens is 1. The Hall–Kier alpha value is -1.56. The van der Waals surface area contributed by atoms with Gasteiger partial charge in [0.25, 0.3) is 5.91 Å². The van der Waals surface area contributed by atoms with Crippen LogP contribution in [0.3, 0.4) is 0 Å². The Balaban J connectivity index is 1.91. The maximum absolute atomic E-state index is 12.6. The largest absolute Gasteiger partial charge is 0.467 e. The van der Waals surface area contributed by atoms with Crippen LogP contribution in [0, 0.1) is 0 Å². The lowest BCUT2D eigenvalue weighted by molar-refractivity contribution is 0.0707. The number of carbonyl (C=O) groups excluding carboxylic acids is 1. The molecule has 5 nitrogen and oxygen atoms in total. The molecule has 2 aromatic heterocycles. The summed E-state index contributed by atoms with van der Waals surface area (Å²) in [6.07, 6.45) is 5.23. The van der Waals surface area contributed by atoms with Crippen molar-refractivity contribution in [2.75, 3.05) is 6.54 Å². The monoisotopic (exact) mass is 323 g/mol. The molecule has 100 valence electrons. The minimum atomic E-state index is -0.00854. The molecule has 0 aromatic carbocycles. The predicted molar refractivity (Wildman–Crippen MR) is 72.6 cm³/mol. The van der Waals surface area contributed by atoms with Crippen molar-refractivity contribution in [2.24, 2.45) is 7.05 Å². The van der Waals surface area contributed by atoms with Gasteiger partial charge in [0.2, 0.25) is 0 Å². The minimum Gasteiger partial charge on any atom is -0.467 e. The van der Waals surface area contributed by atoms with Gasteiger partial charge in [-0.25, -0.2) is 0 Å². The van der Waals surface area contributed by atoms with Crippen LogP contribution in [0.25, 0.3) is 0 Å². The number of hydrogen-bond donors (Lipinski definition) is 0. The fourth-order valence-corrected chi connectivity index (χ4v) is 3.09. The molecule has 1 saturated heterocycles. The molecule has 0 N–H and O–H groups in total. The van der Waals surface area contributed by atoms with Crippen molar-refractivity contribution in [3.05, 3.63) is 40.5 Å². The van der Waals surface area contributed by atoms with Crippen LogP contribution in [-0.4, -0.2) is 27.1 Å².